The minimum Gasteiger partial charge on any atom is -0.478 e. The maximum atomic E-state index is 10.1. The number of carboxylic acids is 1. The molecule has 0 aliphatic rings. The topological polar surface area (TPSA) is 37.3 Å². The molecule has 0 amide bonds. The Labute approximate surface area is 60.2 Å². The molecule has 1 N–H and O–H groups in total. The van der Waals surface area contributed by atoms with Crippen LogP contribution in [-0.4, -0.2) is 11.1 Å². The van der Waals surface area contributed by atoms with Gasteiger partial charge in [-0.25, -0.2) is 4.79 Å². The van der Waals surface area contributed by atoms with Crippen LogP contribution in [0.3, 0.4) is 0 Å². The highest BCUT2D eigenvalue weighted by molar-refractivity contribution is 5.86. The van der Waals surface area contributed by atoms with Gasteiger partial charge in [-0.15, -0.1) is 0 Å². The van der Waals surface area contributed by atoms with Crippen LogP contribution in [0.25, 0.3) is 0 Å². The Kier molecular flexibility index (Phi) is 3.96. The van der Waals surface area contributed by atoms with Crippen molar-refractivity contribution >= 4 is 5.97 Å². The van der Waals surface area contributed by atoms with E-state index in [0.29, 0.717) is 6.42 Å². The Hall–Kier alpha value is -1.31. The number of rotatable bonds is 4. The van der Waals surface area contributed by atoms with E-state index >= 15 is 0 Å². The zero-order chi connectivity index (χ0) is 7.98. The predicted octanol–water partition coefficient (Wildman–Crippen LogP) is 1.76. The first-order valence-electron chi connectivity index (χ1n) is 2.87. The molecule has 0 heterocycles. The van der Waals surface area contributed by atoms with Gasteiger partial charge in [0.25, 0.3) is 0 Å². The Balaban J connectivity index is 3.70. The number of hydrogen-bond acceptors (Lipinski definition) is 1. The molecule has 0 aliphatic heterocycles. The molecule has 0 aromatic carbocycles. The number of hydrogen-bond donors (Lipinski definition) is 1. The monoisotopic (exact) mass is 138 g/mol. The lowest BCUT2D eigenvalue weighted by atomic mass is 10.2. The van der Waals surface area contributed by atoms with Crippen molar-refractivity contribution in [1.29, 1.82) is 0 Å². The molecule has 2 nitrogen and oxygen atoms in total. The van der Waals surface area contributed by atoms with Crippen LogP contribution in [0.15, 0.2) is 37.0 Å². The molecule has 2 heteroatoms. The first kappa shape index (κ1) is 8.69. The average Bonchev–Trinajstić information content (AvgIpc) is 1.88. The van der Waals surface area contributed by atoms with E-state index in [1.807, 2.05) is 0 Å². The van der Waals surface area contributed by atoms with Crippen LogP contribution < -0.4 is 0 Å². The van der Waals surface area contributed by atoms with E-state index in [0.717, 1.165) is 0 Å². The van der Waals surface area contributed by atoms with E-state index < -0.39 is 5.97 Å². The lowest BCUT2D eigenvalue weighted by molar-refractivity contribution is -0.132. The van der Waals surface area contributed by atoms with Gasteiger partial charge in [-0.2, -0.15) is 0 Å². The summed E-state index contributed by atoms with van der Waals surface area (Å²) in [5, 5.41) is 8.32. The summed E-state index contributed by atoms with van der Waals surface area (Å²) in [6, 6.07) is 0. The van der Waals surface area contributed by atoms with Crippen molar-refractivity contribution in [3.63, 3.8) is 0 Å². The van der Waals surface area contributed by atoms with Gasteiger partial charge in [0.2, 0.25) is 0 Å². The van der Waals surface area contributed by atoms with Crippen LogP contribution >= 0.6 is 0 Å². The van der Waals surface area contributed by atoms with E-state index in [1.165, 1.54) is 0 Å². The number of aliphatic carboxylic acids is 1. The van der Waals surface area contributed by atoms with Crippen LogP contribution in [0.4, 0.5) is 0 Å². The molecule has 0 saturated heterocycles. The summed E-state index contributed by atoms with van der Waals surface area (Å²) in [5.41, 5.74) is 0.193. The van der Waals surface area contributed by atoms with Crippen LogP contribution in [0, 0.1) is 0 Å². The van der Waals surface area contributed by atoms with E-state index in [-0.39, 0.29) is 5.57 Å². The fourth-order valence-electron chi connectivity index (χ4n) is 0.394. The van der Waals surface area contributed by atoms with Crippen LogP contribution in [0.1, 0.15) is 6.42 Å². The van der Waals surface area contributed by atoms with E-state index in [4.69, 9.17) is 5.11 Å². The largest absolute Gasteiger partial charge is 0.478 e. The van der Waals surface area contributed by atoms with Crippen molar-refractivity contribution in [1.82, 2.24) is 0 Å². The average molecular weight is 138 g/mol. The second-order valence-corrected chi connectivity index (χ2v) is 1.78. The Morgan fingerprint density at radius 3 is 2.60 bits per heavy atom. The Bertz CT molecular complexity index is 178. The van der Waals surface area contributed by atoms with Gasteiger partial charge in [0.05, 0.1) is 0 Å². The molecule has 0 rings (SSSR count). The SMILES string of the molecule is C=CC=CCC(=C)C(=O)O. The molecule has 0 spiro atoms. The lowest BCUT2D eigenvalue weighted by Crippen LogP contribution is -1.96. The van der Waals surface area contributed by atoms with Crippen molar-refractivity contribution in [3.05, 3.63) is 37.0 Å². The molecule has 0 atom stereocenters. The minimum absolute atomic E-state index is 0.193. The molecule has 54 valence electrons. The van der Waals surface area contributed by atoms with Crippen molar-refractivity contribution < 1.29 is 9.90 Å². The smallest absolute Gasteiger partial charge is 0.331 e. The molecular weight excluding hydrogens is 128 g/mol. The van der Waals surface area contributed by atoms with E-state index in [1.54, 1.807) is 18.2 Å². The lowest BCUT2D eigenvalue weighted by Gasteiger charge is -1.90. The summed E-state index contributed by atoms with van der Waals surface area (Å²) in [7, 11) is 0. The molecule has 0 bridgehead atoms. The third kappa shape index (κ3) is 3.66. The first-order valence-corrected chi connectivity index (χ1v) is 2.87. The molecule has 0 saturated carbocycles. The van der Waals surface area contributed by atoms with Crippen molar-refractivity contribution in [3.8, 4) is 0 Å². The Morgan fingerprint density at radius 2 is 2.20 bits per heavy atom. The fraction of sp³-hybridized carbons (Fsp3) is 0.125. The number of allylic oxidation sites excluding steroid dienone is 3. The van der Waals surface area contributed by atoms with Crippen LogP contribution in [0.5, 0.6) is 0 Å². The standard InChI is InChI=1S/C8H10O2/c1-3-4-5-6-7(2)8(9)10/h3-5H,1-2,6H2,(H,9,10). The summed E-state index contributed by atoms with van der Waals surface area (Å²) >= 11 is 0. The fourth-order valence-corrected chi connectivity index (χ4v) is 0.394. The summed E-state index contributed by atoms with van der Waals surface area (Å²) in [4.78, 5) is 10.1. The second kappa shape index (κ2) is 4.56. The quantitative estimate of drug-likeness (QED) is 0.474. The summed E-state index contributed by atoms with van der Waals surface area (Å²) in [6.07, 6.45) is 5.36. The van der Waals surface area contributed by atoms with Gasteiger partial charge in [0, 0.05) is 5.57 Å². The van der Waals surface area contributed by atoms with Gasteiger partial charge in [-0.1, -0.05) is 31.4 Å². The highest BCUT2D eigenvalue weighted by Crippen LogP contribution is 1.98. The highest BCUT2D eigenvalue weighted by atomic mass is 16.4. The first-order chi connectivity index (χ1) is 4.68. The van der Waals surface area contributed by atoms with E-state index in [9.17, 15) is 4.79 Å². The van der Waals surface area contributed by atoms with Gasteiger partial charge in [0.15, 0.2) is 0 Å². The molecule has 0 unspecified atom stereocenters. The van der Waals surface area contributed by atoms with Crippen LogP contribution in [-0.2, 0) is 4.79 Å². The molecule has 10 heavy (non-hydrogen) atoms. The molecule has 0 aromatic heterocycles. The Morgan fingerprint density at radius 1 is 1.60 bits per heavy atom. The molecule has 0 aliphatic carbocycles. The maximum absolute atomic E-state index is 10.1. The third-order valence-corrected chi connectivity index (χ3v) is 0.939. The molecule has 0 radical (unpaired) electrons. The van der Waals surface area contributed by atoms with Crippen molar-refractivity contribution in [2.24, 2.45) is 0 Å². The maximum Gasteiger partial charge on any atom is 0.331 e. The molecule has 0 aromatic rings. The summed E-state index contributed by atoms with van der Waals surface area (Å²) < 4.78 is 0. The minimum atomic E-state index is -0.950. The van der Waals surface area contributed by atoms with Crippen molar-refractivity contribution in [2.45, 2.75) is 6.42 Å². The normalized spacial score (nSPS) is 9.60. The van der Waals surface area contributed by atoms with Crippen LogP contribution in [0.2, 0.25) is 0 Å². The predicted molar refractivity (Wildman–Crippen MR) is 40.7 cm³/mol. The van der Waals surface area contributed by atoms with Gasteiger partial charge >= 0.3 is 5.97 Å². The molecule has 0 fully saturated rings. The van der Waals surface area contributed by atoms with Gasteiger partial charge < -0.3 is 5.11 Å². The third-order valence-electron chi connectivity index (χ3n) is 0.939. The van der Waals surface area contributed by atoms with Gasteiger partial charge in [-0.3, -0.25) is 0 Å². The zero-order valence-electron chi connectivity index (χ0n) is 5.71. The number of carboxylic acid groups (broad SMARTS) is 1. The second-order valence-electron chi connectivity index (χ2n) is 1.78. The molecular formula is C8H10O2. The zero-order valence-corrected chi connectivity index (χ0v) is 5.71. The highest BCUT2D eigenvalue weighted by Gasteiger charge is 1.98. The van der Waals surface area contributed by atoms with Gasteiger partial charge in [0.1, 0.15) is 0 Å². The van der Waals surface area contributed by atoms with Gasteiger partial charge in [-0.05, 0) is 6.42 Å². The van der Waals surface area contributed by atoms with Crippen molar-refractivity contribution in [2.75, 3.05) is 0 Å². The summed E-state index contributed by atoms with van der Waals surface area (Å²) in [5.74, 6) is -0.950. The number of carbonyl (C=O) groups is 1. The summed E-state index contributed by atoms with van der Waals surface area (Å²) in [6.45, 7) is 6.78. The van der Waals surface area contributed by atoms with E-state index in [2.05, 4.69) is 13.2 Å².